The number of nitrogens with two attached hydrogens (primary N) is 1. The van der Waals surface area contributed by atoms with Crippen molar-refractivity contribution < 1.29 is 17.9 Å². The number of alkyl halides is 2. The quantitative estimate of drug-likeness (QED) is 0.855. The van der Waals surface area contributed by atoms with E-state index in [2.05, 4.69) is 5.32 Å². The molecular formula is C11H11F3N3O-. The minimum absolute atomic E-state index is 0.0682. The van der Waals surface area contributed by atoms with E-state index in [1.807, 2.05) is 0 Å². The summed E-state index contributed by atoms with van der Waals surface area (Å²) < 4.78 is 45.2. The zero-order valence-electron chi connectivity index (χ0n) is 9.21. The lowest BCUT2D eigenvalue weighted by molar-refractivity contribution is -0.0211. The Morgan fingerprint density at radius 1 is 1.44 bits per heavy atom. The Kier molecular flexibility index (Phi) is 2.98. The Bertz CT molecular complexity index is 492. The summed E-state index contributed by atoms with van der Waals surface area (Å²) in [5, 5.41) is 2.35. The molecule has 4 nitrogen and oxygen atoms in total. The molecule has 0 saturated carbocycles. The van der Waals surface area contributed by atoms with E-state index in [0.717, 1.165) is 18.4 Å². The lowest BCUT2D eigenvalue weighted by Gasteiger charge is -2.37. The smallest absolute Gasteiger partial charge is 0.268 e. The predicted molar refractivity (Wildman–Crippen MR) is 59.4 cm³/mol. The first-order valence-electron chi connectivity index (χ1n) is 5.11. The van der Waals surface area contributed by atoms with Crippen molar-refractivity contribution in [2.75, 3.05) is 6.61 Å². The fourth-order valence-electron chi connectivity index (χ4n) is 1.83. The monoisotopic (exact) mass is 258 g/mol. The zero-order valence-corrected chi connectivity index (χ0v) is 9.21. The Morgan fingerprint density at radius 3 is 2.78 bits per heavy atom. The molecular weight excluding hydrogens is 247 g/mol. The summed E-state index contributed by atoms with van der Waals surface area (Å²) in [6, 6.07) is 3.19. The van der Waals surface area contributed by atoms with Crippen LogP contribution in [0.2, 0.25) is 0 Å². The van der Waals surface area contributed by atoms with Gasteiger partial charge in [-0.05, 0) is 6.07 Å². The van der Waals surface area contributed by atoms with E-state index in [-0.39, 0.29) is 17.1 Å². The van der Waals surface area contributed by atoms with Crippen LogP contribution in [0.3, 0.4) is 0 Å². The van der Waals surface area contributed by atoms with Crippen molar-refractivity contribution in [1.82, 2.24) is 5.32 Å². The largest absolute Gasteiger partial charge is 0.699 e. The molecule has 1 atom stereocenters. The minimum atomic E-state index is -2.94. The summed E-state index contributed by atoms with van der Waals surface area (Å²) in [5.74, 6) is -0.951. The highest BCUT2D eigenvalue weighted by Gasteiger charge is 2.46. The fourth-order valence-corrected chi connectivity index (χ4v) is 1.83. The van der Waals surface area contributed by atoms with Crippen LogP contribution in [0, 0.1) is 5.82 Å². The van der Waals surface area contributed by atoms with E-state index in [1.165, 1.54) is 6.07 Å². The SMILES string of the molecule is [NH-]c1ccc(F)c([C@]2(C(F)F)COC=C(N)N2)c1. The molecule has 18 heavy (non-hydrogen) atoms. The maximum absolute atomic E-state index is 13.7. The van der Waals surface area contributed by atoms with Crippen molar-refractivity contribution in [2.24, 2.45) is 5.73 Å². The van der Waals surface area contributed by atoms with Crippen LogP contribution in [-0.4, -0.2) is 13.0 Å². The summed E-state index contributed by atoms with van der Waals surface area (Å²) in [4.78, 5) is 0. The van der Waals surface area contributed by atoms with Crippen LogP contribution in [0.4, 0.5) is 18.9 Å². The van der Waals surface area contributed by atoms with Crippen LogP contribution in [-0.2, 0) is 10.3 Å². The van der Waals surface area contributed by atoms with E-state index < -0.39 is 24.4 Å². The maximum Gasteiger partial charge on any atom is 0.268 e. The lowest BCUT2D eigenvalue weighted by Crippen LogP contribution is -2.55. The van der Waals surface area contributed by atoms with Crippen molar-refractivity contribution >= 4 is 5.69 Å². The van der Waals surface area contributed by atoms with E-state index >= 15 is 0 Å². The summed E-state index contributed by atoms with van der Waals surface area (Å²) in [7, 11) is 0. The number of benzene rings is 1. The molecule has 2 rings (SSSR count). The molecule has 98 valence electrons. The van der Waals surface area contributed by atoms with E-state index in [9.17, 15) is 13.2 Å². The molecule has 0 aliphatic carbocycles. The van der Waals surface area contributed by atoms with E-state index in [0.29, 0.717) is 0 Å². The fraction of sp³-hybridized carbons (Fsp3) is 0.273. The second kappa shape index (κ2) is 4.32. The highest BCUT2D eigenvalue weighted by atomic mass is 19.3. The molecule has 0 aromatic heterocycles. The van der Waals surface area contributed by atoms with Gasteiger partial charge in [0.1, 0.15) is 24.5 Å². The van der Waals surface area contributed by atoms with Crippen LogP contribution in [0.5, 0.6) is 0 Å². The molecule has 7 heteroatoms. The van der Waals surface area contributed by atoms with Crippen molar-refractivity contribution in [3.8, 4) is 0 Å². The first kappa shape index (κ1) is 12.4. The second-order valence-corrected chi connectivity index (χ2v) is 3.98. The van der Waals surface area contributed by atoms with Crippen LogP contribution < -0.4 is 11.1 Å². The number of nitrogens with one attached hydrogen (secondary N) is 2. The van der Waals surface area contributed by atoms with Crippen LogP contribution in [0.25, 0.3) is 5.73 Å². The molecule has 1 aromatic carbocycles. The van der Waals surface area contributed by atoms with Gasteiger partial charge in [0.25, 0.3) is 6.43 Å². The second-order valence-electron chi connectivity index (χ2n) is 3.98. The zero-order chi connectivity index (χ0) is 13.3. The molecule has 1 aliphatic heterocycles. The lowest BCUT2D eigenvalue weighted by atomic mass is 9.89. The molecule has 0 unspecified atom stereocenters. The van der Waals surface area contributed by atoms with Gasteiger partial charge < -0.3 is 21.5 Å². The Balaban J connectivity index is 2.54. The summed E-state index contributed by atoms with van der Waals surface area (Å²) >= 11 is 0. The maximum atomic E-state index is 13.7. The van der Waals surface area contributed by atoms with Crippen LogP contribution in [0.1, 0.15) is 5.56 Å². The Labute approximate surface area is 101 Å². The summed E-state index contributed by atoms with van der Waals surface area (Å²) in [5.41, 5.74) is 10.3. The third-order valence-corrected chi connectivity index (χ3v) is 2.71. The molecule has 4 N–H and O–H groups in total. The van der Waals surface area contributed by atoms with Crippen LogP contribution in [0.15, 0.2) is 30.3 Å². The third-order valence-electron chi connectivity index (χ3n) is 2.71. The van der Waals surface area contributed by atoms with Crippen molar-refractivity contribution in [2.45, 2.75) is 12.0 Å². The van der Waals surface area contributed by atoms with Crippen molar-refractivity contribution in [3.05, 3.63) is 47.4 Å². The standard InChI is InChI=1S/C11H11F3N3O/c12-8-2-1-6(15)3-7(8)11(10(13)14)5-18-4-9(16)17-11/h1-4,10,15,17H,5,16H2/q-1/t11-/m0/s1. The van der Waals surface area contributed by atoms with Gasteiger partial charge in [0.05, 0.1) is 0 Å². The van der Waals surface area contributed by atoms with Gasteiger partial charge in [-0.1, -0.05) is 12.1 Å². The third kappa shape index (κ3) is 1.92. The van der Waals surface area contributed by atoms with Gasteiger partial charge in [-0.2, -0.15) is 0 Å². The Hall–Kier alpha value is -2.05. The molecule has 0 fully saturated rings. The predicted octanol–water partition coefficient (Wildman–Crippen LogP) is 2.35. The van der Waals surface area contributed by atoms with Gasteiger partial charge >= 0.3 is 0 Å². The summed E-state index contributed by atoms with van der Waals surface area (Å²) in [6.07, 6.45) is -1.86. The average molecular weight is 258 g/mol. The van der Waals surface area contributed by atoms with Gasteiger partial charge in [-0.3, -0.25) is 0 Å². The number of ether oxygens (including phenoxy) is 1. The summed E-state index contributed by atoms with van der Waals surface area (Å²) in [6.45, 7) is -0.467. The molecule has 1 aromatic rings. The normalized spacial score (nSPS) is 23.2. The molecule has 0 spiro atoms. The molecule has 0 bridgehead atoms. The first-order valence-corrected chi connectivity index (χ1v) is 5.11. The van der Waals surface area contributed by atoms with Gasteiger partial charge in [0.15, 0.2) is 5.54 Å². The number of hydrogen-bond acceptors (Lipinski definition) is 3. The highest BCUT2D eigenvalue weighted by Crippen LogP contribution is 2.35. The molecule has 1 aliphatic rings. The number of hydrogen-bond donors (Lipinski definition) is 2. The average Bonchev–Trinajstić information content (AvgIpc) is 2.32. The molecule has 0 amide bonds. The topological polar surface area (TPSA) is 71.1 Å². The van der Waals surface area contributed by atoms with Gasteiger partial charge in [-0.25, -0.2) is 13.2 Å². The van der Waals surface area contributed by atoms with Crippen molar-refractivity contribution in [1.29, 1.82) is 0 Å². The van der Waals surface area contributed by atoms with E-state index in [1.54, 1.807) is 0 Å². The highest BCUT2D eigenvalue weighted by molar-refractivity contribution is 5.48. The van der Waals surface area contributed by atoms with Gasteiger partial charge in [-0.15, -0.1) is 5.69 Å². The molecule has 1 heterocycles. The van der Waals surface area contributed by atoms with Gasteiger partial charge in [0, 0.05) is 5.56 Å². The van der Waals surface area contributed by atoms with Crippen molar-refractivity contribution in [3.63, 3.8) is 0 Å². The molecule has 0 saturated heterocycles. The van der Waals surface area contributed by atoms with E-state index in [4.69, 9.17) is 16.2 Å². The Morgan fingerprint density at radius 2 is 2.17 bits per heavy atom. The molecule has 0 radical (unpaired) electrons. The minimum Gasteiger partial charge on any atom is -0.699 e. The first-order chi connectivity index (χ1) is 8.45. The number of halogens is 3. The number of rotatable bonds is 2. The van der Waals surface area contributed by atoms with Gasteiger partial charge in [0.2, 0.25) is 0 Å². The van der Waals surface area contributed by atoms with Crippen LogP contribution >= 0.6 is 0 Å².